The Kier molecular flexibility index (Phi) is 4.46. The van der Waals surface area contributed by atoms with E-state index in [1.165, 1.54) is 11.2 Å². The van der Waals surface area contributed by atoms with Crippen LogP contribution < -0.4 is 11.1 Å². The van der Waals surface area contributed by atoms with E-state index < -0.39 is 30.4 Å². The van der Waals surface area contributed by atoms with Crippen molar-refractivity contribution in [2.75, 3.05) is 0 Å². The number of hydrogen-bond donors (Lipinski definition) is 3. The zero-order valence-electron chi connectivity index (χ0n) is 11.3. The van der Waals surface area contributed by atoms with Gasteiger partial charge in [-0.15, -0.1) is 0 Å². The highest BCUT2D eigenvalue weighted by Crippen LogP contribution is 2.28. The van der Waals surface area contributed by atoms with Crippen molar-refractivity contribution in [2.45, 2.75) is 37.9 Å². The maximum Gasteiger partial charge on any atom is 0.326 e. The number of urea groups is 1. The number of nitrogens with zero attached hydrogens (tertiary/aromatic N) is 1. The van der Waals surface area contributed by atoms with E-state index in [1.54, 1.807) is 12.1 Å². The molecule has 1 saturated carbocycles. The Balaban J connectivity index is 2.00. The number of nitrogens with two attached hydrogens (primary N) is 1. The van der Waals surface area contributed by atoms with Gasteiger partial charge in [0.25, 0.3) is 0 Å². The van der Waals surface area contributed by atoms with Gasteiger partial charge in [-0.25, -0.2) is 9.59 Å². The minimum atomic E-state index is -1.33. The van der Waals surface area contributed by atoms with E-state index in [4.69, 9.17) is 15.3 Å². The Morgan fingerprint density at radius 1 is 1.48 bits per heavy atom. The number of nitrogens with one attached hydrogen (secondary N) is 1. The highest BCUT2D eigenvalue weighted by molar-refractivity contribution is 5.87. The molecular formula is C13H17N3O5. The Morgan fingerprint density at radius 2 is 2.19 bits per heavy atom. The Hall–Kier alpha value is -2.51. The average molecular weight is 295 g/mol. The van der Waals surface area contributed by atoms with Crippen molar-refractivity contribution >= 4 is 17.9 Å². The quantitative estimate of drug-likeness (QED) is 0.666. The van der Waals surface area contributed by atoms with Crippen LogP contribution >= 0.6 is 0 Å². The lowest BCUT2D eigenvalue weighted by atomic mass is 10.2. The topological polar surface area (TPSA) is 126 Å². The van der Waals surface area contributed by atoms with Gasteiger partial charge < -0.3 is 25.5 Å². The molecule has 2 rings (SSSR count). The minimum absolute atomic E-state index is 0.0677. The molecule has 0 aliphatic heterocycles. The van der Waals surface area contributed by atoms with Crippen molar-refractivity contribution in [2.24, 2.45) is 5.73 Å². The normalized spacial score (nSPS) is 15.2. The first kappa shape index (κ1) is 14.9. The van der Waals surface area contributed by atoms with Gasteiger partial charge in [0.15, 0.2) is 0 Å². The summed E-state index contributed by atoms with van der Waals surface area (Å²) in [5, 5.41) is 11.3. The van der Waals surface area contributed by atoms with E-state index in [0.717, 1.165) is 12.8 Å². The number of carboxylic acid groups (broad SMARTS) is 1. The van der Waals surface area contributed by atoms with E-state index in [0.29, 0.717) is 5.76 Å². The summed E-state index contributed by atoms with van der Waals surface area (Å²) in [6.45, 7) is 0.256. The molecule has 0 aromatic carbocycles. The maximum atomic E-state index is 12.2. The lowest BCUT2D eigenvalue weighted by Gasteiger charge is -2.24. The Bertz CT molecular complexity index is 524. The van der Waals surface area contributed by atoms with Crippen LogP contribution in [-0.2, 0) is 16.1 Å². The van der Waals surface area contributed by atoms with Crippen molar-refractivity contribution in [3.8, 4) is 0 Å². The molecule has 1 aromatic rings. The number of hydrogen-bond acceptors (Lipinski definition) is 4. The van der Waals surface area contributed by atoms with Gasteiger partial charge in [-0.05, 0) is 25.0 Å². The van der Waals surface area contributed by atoms with Crippen molar-refractivity contribution in [3.05, 3.63) is 24.2 Å². The fourth-order valence-electron chi connectivity index (χ4n) is 1.96. The van der Waals surface area contributed by atoms with Crippen LogP contribution in [0, 0.1) is 0 Å². The van der Waals surface area contributed by atoms with Crippen LogP contribution in [0.15, 0.2) is 22.8 Å². The van der Waals surface area contributed by atoms with E-state index in [-0.39, 0.29) is 12.6 Å². The Morgan fingerprint density at radius 3 is 2.67 bits per heavy atom. The first-order valence-corrected chi connectivity index (χ1v) is 6.58. The van der Waals surface area contributed by atoms with Gasteiger partial charge in [0.05, 0.1) is 19.2 Å². The molecule has 3 amide bonds. The molecule has 1 aromatic heterocycles. The van der Waals surface area contributed by atoms with Crippen LogP contribution in [-0.4, -0.2) is 40.0 Å². The summed E-state index contributed by atoms with van der Waals surface area (Å²) < 4.78 is 5.20. The summed E-state index contributed by atoms with van der Waals surface area (Å²) in [6, 6.07) is 1.65. The number of rotatable bonds is 7. The zero-order chi connectivity index (χ0) is 15.4. The van der Waals surface area contributed by atoms with Crippen LogP contribution in [0.25, 0.3) is 0 Å². The molecule has 1 heterocycles. The highest BCUT2D eigenvalue weighted by Gasteiger charge is 2.35. The third-order valence-corrected chi connectivity index (χ3v) is 3.16. The molecule has 1 fully saturated rings. The number of aliphatic carboxylic acids is 1. The fraction of sp³-hybridized carbons (Fsp3) is 0.462. The van der Waals surface area contributed by atoms with Crippen LogP contribution in [0.3, 0.4) is 0 Å². The van der Waals surface area contributed by atoms with E-state index in [9.17, 15) is 14.4 Å². The van der Waals surface area contributed by atoms with Crippen molar-refractivity contribution in [1.82, 2.24) is 10.2 Å². The summed E-state index contributed by atoms with van der Waals surface area (Å²) in [6.07, 6.45) is 2.79. The van der Waals surface area contributed by atoms with Gasteiger partial charge in [0, 0.05) is 6.04 Å². The number of primary amides is 1. The third kappa shape index (κ3) is 4.23. The fourth-order valence-corrected chi connectivity index (χ4v) is 1.96. The molecule has 1 unspecified atom stereocenters. The lowest BCUT2D eigenvalue weighted by Crippen LogP contribution is -2.49. The van der Waals surface area contributed by atoms with Gasteiger partial charge in [-0.3, -0.25) is 4.79 Å². The van der Waals surface area contributed by atoms with Gasteiger partial charge in [-0.2, -0.15) is 0 Å². The summed E-state index contributed by atoms with van der Waals surface area (Å²) in [5.41, 5.74) is 4.98. The molecule has 4 N–H and O–H groups in total. The molecule has 0 saturated heterocycles. The van der Waals surface area contributed by atoms with Gasteiger partial charge in [-0.1, -0.05) is 0 Å². The van der Waals surface area contributed by atoms with Crippen LogP contribution in [0.1, 0.15) is 25.0 Å². The number of carboxylic acids is 1. The van der Waals surface area contributed by atoms with Crippen molar-refractivity contribution in [3.63, 3.8) is 0 Å². The second kappa shape index (κ2) is 6.29. The molecule has 1 aliphatic carbocycles. The number of carbonyl (C=O) groups excluding carboxylic acids is 2. The predicted octanol–water partition coefficient (Wildman–Crippen LogP) is 0.282. The monoisotopic (exact) mass is 295 g/mol. The standard InChI is InChI=1S/C13H17N3O5/c14-11(17)6-10(12(18)19)15-13(20)16(8-3-4-8)7-9-2-1-5-21-9/h1-2,5,8,10H,3-4,6-7H2,(H2,14,17)(H,15,20)(H,18,19). The number of carbonyl (C=O) groups is 3. The second-order valence-corrected chi connectivity index (χ2v) is 4.95. The number of furan rings is 1. The highest BCUT2D eigenvalue weighted by atomic mass is 16.4. The molecule has 0 bridgehead atoms. The predicted molar refractivity (Wildman–Crippen MR) is 71.0 cm³/mol. The van der Waals surface area contributed by atoms with Gasteiger partial charge in [0.2, 0.25) is 5.91 Å². The summed E-state index contributed by atoms with van der Waals surface area (Å²) >= 11 is 0. The SMILES string of the molecule is NC(=O)CC(NC(=O)N(Cc1ccco1)C1CC1)C(=O)O. The average Bonchev–Trinajstić information content (AvgIpc) is 3.11. The first-order chi connectivity index (χ1) is 9.97. The van der Waals surface area contributed by atoms with Crippen molar-refractivity contribution in [1.29, 1.82) is 0 Å². The molecule has 8 nitrogen and oxygen atoms in total. The van der Waals surface area contributed by atoms with Crippen LogP contribution in [0.4, 0.5) is 4.79 Å². The zero-order valence-corrected chi connectivity index (χ0v) is 11.3. The molecule has 114 valence electrons. The number of amides is 3. The summed E-state index contributed by atoms with van der Waals surface area (Å²) in [7, 11) is 0. The largest absolute Gasteiger partial charge is 0.480 e. The van der Waals surface area contributed by atoms with E-state index in [2.05, 4.69) is 5.32 Å². The van der Waals surface area contributed by atoms with Gasteiger partial charge >= 0.3 is 12.0 Å². The Labute approximate surface area is 120 Å². The van der Waals surface area contributed by atoms with Crippen LogP contribution in [0.2, 0.25) is 0 Å². The minimum Gasteiger partial charge on any atom is -0.480 e. The molecular weight excluding hydrogens is 278 g/mol. The summed E-state index contributed by atoms with van der Waals surface area (Å²) in [5.74, 6) is -1.47. The van der Waals surface area contributed by atoms with E-state index in [1.807, 2.05) is 0 Å². The van der Waals surface area contributed by atoms with E-state index >= 15 is 0 Å². The first-order valence-electron chi connectivity index (χ1n) is 6.58. The maximum absolute atomic E-state index is 12.2. The lowest BCUT2D eigenvalue weighted by molar-refractivity contribution is -0.141. The van der Waals surface area contributed by atoms with Crippen LogP contribution in [0.5, 0.6) is 0 Å². The summed E-state index contributed by atoms with van der Waals surface area (Å²) in [4.78, 5) is 35.6. The third-order valence-electron chi connectivity index (χ3n) is 3.16. The smallest absolute Gasteiger partial charge is 0.326 e. The second-order valence-electron chi connectivity index (χ2n) is 4.95. The molecule has 1 atom stereocenters. The van der Waals surface area contributed by atoms with Crippen molar-refractivity contribution < 1.29 is 23.9 Å². The molecule has 21 heavy (non-hydrogen) atoms. The molecule has 0 radical (unpaired) electrons. The molecule has 8 heteroatoms. The molecule has 1 aliphatic rings. The molecule has 0 spiro atoms. The van der Waals surface area contributed by atoms with Gasteiger partial charge in [0.1, 0.15) is 11.8 Å².